The van der Waals surface area contributed by atoms with Crippen LogP contribution in [0.15, 0.2) is 50.1 Å². The Hall–Kier alpha value is -1.67. The molecule has 0 heterocycles. The molecule has 0 nitrogen and oxygen atoms in total. The molecule has 1 rings (SSSR count). The van der Waals surface area contributed by atoms with Crippen molar-refractivity contribution in [2.45, 2.75) is 392 Å². The van der Waals surface area contributed by atoms with Crippen LogP contribution >= 0.6 is 0 Å². The van der Waals surface area contributed by atoms with Gasteiger partial charge in [0.2, 0.25) is 5.92 Å². The van der Waals surface area contributed by atoms with Crippen molar-refractivity contribution in [2.75, 3.05) is 0 Å². The molecule has 568 valence electrons. The summed E-state index contributed by atoms with van der Waals surface area (Å²) >= 11 is 0. The number of halogens is 9. The minimum Gasteiger partial charge on any atom is -0.248 e. The molecule has 0 spiro atoms. The second kappa shape index (κ2) is 90.4. The van der Waals surface area contributed by atoms with E-state index in [4.69, 9.17) is 2.74 Å². The van der Waals surface area contributed by atoms with Gasteiger partial charge >= 0.3 is 12.4 Å². The van der Waals surface area contributed by atoms with Gasteiger partial charge in [-0.3, -0.25) is 0 Å². The predicted molar refractivity (Wildman–Crippen MR) is 410 cm³/mol. The number of hydrogen-bond acceptors (Lipinski definition) is 0. The molecule has 0 bridgehead atoms. The third kappa shape index (κ3) is 250. The quantitative estimate of drug-likeness (QED) is 0.0893. The molecule has 91 heavy (non-hydrogen) atoms. The summed E-state index contributed by atoms with van der Waals surface area (Å²) in [5, 5.41) is 0. The highest BCUT2D eigenvalue weighted by Gasteiger charge is 2.31. The zero-order valence-electron chi connectivity index (χ0n) is 70.4. The minimum absolute atomic E-state index is 0. The van der Waals surface area contributed by atoms with Gasteiger partial charge in [-0.05, 0) is 149 Å². The van der Waals surface area contributed by atoms with Crippen LogP contribution in [0.2, 0.25) is 0 Å². The van der Waals surface area contributed by atoms with E-state index in [1.807, 2.05) is 45.9 Å². The summed E-state index contributed by atoms with van der Waals surface area (Å²) < 4.78 is 117. The summed E-state index contributed by atoms with van der Waals surface area (Å²) in [7, 11) is 0. The lowest BCUT2D eigenvalue weighted by Crippen LogP contribution is -2.17. The number of hydrogen-bond donors (Lipinski definition) is 0. The van der Waals surface area contributed by atoms with E-state index < -0.39 is 49.1 Å². The predicted octanol–water partition coefficient (Wildman–Crippen LogP) is 33.8. The molecule has 0 radical (unpaired) electrons. The van der Waals surface area contributed by atoms with Crippen LogP contribution < -0.4 is 0 Å². The zero-order chi connectivity index (χ0) is 77.5. The smallest absolute Gasteiger partial charge is 0.248 e. The molecule has 1 unspecified atom stereocenters. The Morgan fingerprint density at radius 1 is 0.462 bits per heavy atom. The van der Waals surface area contributed by atoms with Crippen LogP contribution in [0.1, 0.15) is 370 Å². The molecular weight excluding hydrogens is 1160 g/mol. The topological polar surface area (TPSA) is 0 Å². The number of allylic oxidation sites excluding steroid dienone is 5. The highest BCUT2D eigenvalue weighted by atomic mass is 19.4. The van der Waals surface area contributed by atoms with Crippen molar-refractivity contribution in [3.63, 3.8) is 0 Å². The van der Waals surface area contributed by atoms with E-state index >= 15 is 0 Å². The lowest BCUT2D eigenvalue weighted by atomic mass is 10.1. The highest BCUT2D eigenvalue weighted by molar-refractivity contribution is 4.77. The maximum atomic E-state index is 11.8. The van der Waals surface area contributed by atoms with E-state index in [2.05, 4.69) is 212 Å². The molecule has 0 saturated heterocycles. The van der Waals surface area contributed by atoms with Gasteiger partial charge in [-0.1, -0.05) is 326 Å². The summed E-state index contributed by atoms with van der Waals surface area (Å²) in [6.45, 7) is 88.5. The average molecular weight is 1340 g/mol. The van der Waals surface area contributed by atoms with Gasteiger partial charge in [0.25, 0.3) is 0 Å². The largest absolute Gasteiger partial charge is 0.391 e. The van der Waals surface area contributed by atoms with Gasteiger partial charge in [-0.15, -0.1) is 19.7 Å². The van der Waals surface area contributed by atoms with Crippen LogP contribution in [0, 0.1) is 94.7 Å². The molecule has 9 heteroatoms. The molecule has 1 saturated carbocycles. The average Bonchev–Trinajstić information content (AvgIpc) is 4.25. The standard InChI is InChI=1S/2C7H14.C6H11F3.C6H12.C6H14.C6H12.C5H10F2.C5H11F.4C5H12.C5H10.C4H7F3.C4H10.CH4/c2*1-4-5-6-7(2)3;1-5(2)3-4-6(7,8)9;1-5(2)6-3-4-6;2*1-4-5-6(2)3;1-4(2)5(3,6)7;1-4(2)5(3)6;5*1-4-5(2)3;1-3(2)4(5,6)7;1-4(2)3;/h4-5,7H,6H2,1-3H3;4,7H,1,5-6H2,2-3H3;5H,3-4H2,1-2H3;5-6H,3-4H2,1-2H3;6H,4-5H2,1-3H3;4,6H,1,5H2,2-3H3;4H,1-3H3;4-5H,1-3H3;4*5H,4H2,1-3H3;4-5H,1H2,2-3H3;3H,1-2H3;4H,1-3H3;1H4/i;;;;;;;;4D2;;;;;;;. The van der Waals surface area contributed by atoms with Gasteiger partial charge in [0.05, 0.1) is 6.17 Å². The Morgan fingerprint density at radius 3 is 0.758 bits per heavy atom. The SMILES string of the molecule is C.C=CC(C)C.C=CCC(C)C.C=CCCC(C)C.CC(C)C.CC(C)C(C)(F)F.CC(C)C(C)F.CC(C)C(F)(F)F.CC(C)C1CC1.CC(C)CCC(F)(F)F.CC=CCC(C)C.CCC(C)C.CCC(C)C.CCC(C)C.CCCC(C)C.[2H]C([2H])(C)C(C)C. The van der Waals surface area contributed by atoms with Gasteiger partial charge < -0.3 is 0 Å². The van der Waals surface area contributed by atoms with E-state index in [0.29, 0.717) is 5.92 Å². The highest BCUT2D eigenvalue weighted by Crippen LogP contribution is 2.35. The van der Waals surface area contributed by atoms with Gasteiger partial charge in [0.1, 0.15) is 0 Å². The summed E-state index contributed by atoms with van der Waals surface area (Å²) in [6.07, 6.45) is 14.5. The third-order valence-electron chi connectivity index (χ3n) is 12.0. The Labute approximate surface area is 576 Å². The molecule has 0 aromatic rings. The molecule has 0 aromatic heterocycles. The lowest BCUT2D eigenvalue weighted by molar-refractivity contribution is -0.164. The minimum atomic E-state index is -4.00. The first kappa shape index (κ1) is 120. The molecule has 1 aliphatic rings. The van der Waals surface area contributed by atoms with Crippen molar-refractivity contribution in [3.8, 4) is 0 Å². The van der Waals surface area contributed by atoms with E-state index in [-0.39, 0.29) is 31.6 Å². The van der Waals surface area contributed by atoms with Gasteiger partial charge in [-0.25, -0.2) is 13.2 Å². The van der Waals surface area contributed by atoms with E-state index in [0.717, 1.165) is 92.8 Å². The van der Waals surface area contributed by atoms with E-state index in [1.165, 1.54) is 71.6 Å². The second-order valence-corrected chi connectivity index (χ2v) is 29.5. The molecule has 1 aliphatic carbocycles. The van der Waals surface area contributed by atoms with Crippen molar-refractivity contribution >= 4 is 0 Å². The molecule has 1 atom stereocenters. The maximum absolute atomic E-state index is 11.8. The second-order valence-electron chi connectivity index (χ2n) is 29.5. The van der Waals surface area contributed by atoms with Crippen LogP contribution in [0.25, 0.3) is 0 Å². The van der Waals surface area contributed by atoms with Gasteiger partial charge in [0.15, 0.2) is 0 Å². The summed E-state index contributed by atoms with van der Waals surface area (Å²) in [4.78, 5) is 0. The summed E-state index contributed by atoms with van der Waals surface area (Å²) in [6, 6.07) is 0. The fourth-order valence-corrected chi connectivity index (χ4v) is 2.99. The van der Waals surface area contributed by atoms with Crippen molar-refractivity contribution < 1.29 is 42.3 Å². The van der Waals surface area contributed by atoms with Crippen molar-refractivity contribution in [2.24, 2.45) is 94.7 Å². The molecule has 0 amide bonds. The first-order valence-corrected chi connectivity index (χ1v) is 35.7. The Bertz CT molecular complexity index is 1250. The first-order chi connectivity index (χ1) is 41.1. The zero-order valence-corrected chi connectivity index (χ0v) is 68.4. The Balaban J connectivity index is -0.0000000541. The third-order valence-corrected chi connectivity index (χ3v) is 12.0. The fourth-order valence-electron chi connectivity index (χ4n) is 2.99. The fraction of sp³-hybridized carbons (Fsp3) is 0.902. The van der Waals surface area contributed by atoms with Crippen LogP contribution in [-0.4, -0.2) is 24.4 Å². The normalized spacial score (nSPS) is 12.1. The molecule has 0 aliphatic heterocycles. The van der Waals surface area contributed by atoms with Crippen LogP contribution in [-0.2, 0) is 0 Å². The van der Waals surface area contributed by atoms with Crippen molar-refractivity contribution in [1.82, 2.24) is 0 Å². The van der Waals surface area contributed by atoms with Crippen LogP contribution in [0.3, 0.4) is 0 Å². The molecule has 1 fully saturated rings. The molecule has 0 aromatic carbocycles. The molecule has 0 N–H and O–H groups in total. The van der Waals surface area contributed by atoms with Crippen LogP contribution in [0.5, 0.6) is 0 Å². The molecular formula is C82H177F9. The van der Waals surface area contributed by atoms with Gasteiger partial charge in [0, 0.05) is 21.0 Å². The number of alkyl halides is 9. The number of rotatable bonds is 19. The van der Waals surface area contributed by atoms with Crippen LogP contribution in [0.4, 0.5) is 39.5 Å². The first-order valence-electron chi connectivity index (χ1n) is 36.7. The van der Waals surface area contributed by atoms with Crippen molar-refractivity contribution in [1.29, 1.82) is 0 Å². The Morgan fingerprint density at radius 2 is 0.725 bits per heavy atom. The van der Waals surface area contributed by atoms with E-state index in [1.54, 1.807) is 27.7 Å². The Kier molecular flexibility index (Phi) is 119. The van der Waals surface area contributed by atoms with Gasteiger partial charge in [-0.2, -0.15) is 26.3 Å². The lowest BCUT2D eigenvalue weighted by Gasteiger charge is -2.12. The van der Waals surface area contributed by atoms with Crippen molar-refractivity contribution in [3.05, 3.63) is 50.1 Å². The van der Waals surface area contributed by atoms with E-state index in [9.17, 15) is 39.5 Å². The monoisotopic (exact) mass is 1340 g/mol. The summed E-state index contributed by atoms with van der Waals surface area (Å²) in [5.41, 5.74) is 0. The maximum Gasteiger partial charge on any atom is 0.391 e. The summed E-state index contributed by atoms with van der Waals surface area (Å²) in [5.74, 6) is 5.75.